The maximum absolute atomic E-state index is 13.1. The fourth-order valence-corrected chi connectivity index (χ4v) is 4.01. The molecule has 0 aliphatic rings. The van der Waals surface area contributed by atoms with Crippen molar-refractivity contribution in [2.75, 3.05) is 12.8 Å². The molecule has 1 heterocycles. The molecule has 0 N–H and O–H groups in total. The lowest BCUT2D eigenvalue weighted by molar-refractivity contribution is -0.128. The predicted molar refractivity (Wildman–Crippen MR) is 113 cm³/mol. The number of halogens is 1. The lowest BCUT2D eigenvalue weighted by atomic mass is 10.1. The number of rotatable bonds is 8. The van der Waals surface area contributed by atoms with Gasteiger partial charge in [-0.1, -0.05) is 54.2 Å². The Kier molecular flexibility index (Phi) is 7.04. The highest BCUT2D eigenvalue weighted by molar-refractivity contribution is 7.99. The Bertz CT molecular complexity index is 943. The van der Waals surface area contributed by atoms with Crippen LogP contribution in [-0.4, -0.2) is 38.4 Å². The van der Waals surface area contributed by atoms with Crippen LogP contribution in [0, 0.1) is 5.82 Å². The van der Waals surface area contributed by atoms with E-state index < -0.39 is 0 Å². The fourth-order valence-electron chi connectivity index (χ4n) is 3.06. The molecule has 1 atom stereocenters. The van der Waals surface area contributed by atoms with E-state index in [9.17, 15) is 9.18 Å². The van der Waals surface area contributed by atoms with E-state index in [2.05, 4.69) is 22.3 Å². The molecule has 5 nitrogen and oxygen atoms in total. The van der Waals surface area contributed by atoms with Crippen LogP contribution in [0.3, 0.4) is 0 Å². The molecule has 0 fully saturated rings. The standard InChI is InChI=1S/C22H25FN4OS/c1-4-27-20(14-17-8-6-5-7-9-17)24-25-22(27)29-15-21(28)26(3)16(2)18-10-12-19(23)13-11-18/h5-13,16H,4,14-15H2,1-3H3. The largest absolute Gasteiger partial charge is 0.338 e. The average Bonchev–Trinajstić information content (AvgIpc) is 3.13. The normalized spacial score (nSPS) is 12.0. The molecule has 0 radical (unpaired) electrons. The Balaban J connectivity index is 1.63. The summed E-state index contributed by atoms with van der Waals surface area (Å²) in [6.45, 7) is 4.72. The van der Waals surface area contributed by atoms with Crippen LogP contribution in [0.5, 0.6) is 0 Å². The summed E-state index contributed by atoms with van der Waals surface area (Å²) in [6, 6.07) is 16.2. The van der Waals surface area contributed by atoms with E-state index >= 15 is 0 Å². The molecule has 3 rings (SSSR count). The molecule has 0 saturated carbocycles. The van der Waals surface area contributed by atoms with E-state index in [1.54, 1.807) is 24.1 Å². The van der Waals surface area contributed by atoms with Crippen LogP contribution in [0.4, 0.5) is 4.39 Å². The smallest absolute Gasteiger partial charge is 0.233 e. The van der Waals surface area contributed by atoms with Crippen molar-refractivity contribution in [1.29, 1.82) is 0 Å². The van der Waals surface area contributed by atoms with Gasteiger partial charge >= 0.3 is 0 Å². The summed E-state index contributed by atoms with van der Waals surface area (Å²) < 4.78 is 15.2. The van der Waals surface area contributed by atoms with Gasteiger partial charge in [-0.05, 0) is 37.1 Å². The van der Waals surface area contributed by atoms with Gasteiger partial charge in [-0.3, -0.25) is 4.79 Å². The molecular formula is C22H25FN4OS. The molecule has 0 aliphatic heterocycles. The van der Waals surface area contributed by atoms with Crippen molar-refractivity contribution in [3.05, 3.63) is 77.4 Å². The lowest BCUT2D eigenvalue weighted by Gasteiger charge is -2.25. The highest BCUT2D eigenvalue weighted by Gasteiger charge is 2.19. The van der Waals surface area contributed by atoms with E-state index in [0.717, 1.165) is 23.1 Å². The molecule has 1 aromatic heterocycles. The summed E-state index contributed by atoms with van der Waals surface area (Å²) in [4.78, 5) is 14.3. The number of carbonyl (C=O) groups is 1. The first-order valence-electron chi connectivity index (χ1n) is 9.59. The SMILES string of the molecule is CCn1c(Cc2ccccc2)nnc1SCC(=O)N(C)C(C)c1ccc(F)cc1. The van der Waals surface area contributed by atoms with E-state index in [1.165, 1.54) is 29.5 Å². The first-order chi connectivity index (χ1) is 14.0. The zero-order valence-electron chi connectivity index (χ0n) is 16.9. The molecule has 0 spiro atoms. The van der Waals surface area contributed by atoms with Gasteiger partial charge in [0.1, 0.15) is 11.6 Å². The topological polar surface area (TPSA) is 51.0 Å². The molecule has 1 unspecified atom stereocenters. The monoisotopic (exact) mass is 412 g/mol. The van der Waals surface area contributed by atoms with E-state index in [0.29, 0.717) is 6.42 Å². The third kappa shape index (κ3) is 5.23. The van der Waals surface area contributed by atoms with Crippen LogP contribution < -0.4 is 0 Å². The van der Waals surface area contributed by atoms with Crippen molar-refractivity contribution >= 4 is 17.7 Å². The lowest BCUT2D eigenvalue weighted by Crippen LogP contribution is -2.31. The summed E-state index contributed by atoms with van der Waals surface area (Å²) in [6.07, 6.45) is 0.706. The van der Waals surface area contributed by atoms with Crippen LogP contribution in [-0.2, 0) is 17.8 Å². The van der Waals surface area contributed by atoms with Crippen LogP contribution in [0.1, 0.15) is 36.8 Å². The van der Waals surface area contributed by atoms with Crippen molar-refractivity contribution < 1.29 is 9.18 Å². The van der Waals surface area contributed by atoms with E-state index in [1.807, 2.05) is 36.6 Å². The third-order valence-electron chi connectivity index (χ3n) is 4.97. The predicted octanol–water partition coefficient (Wildman–Crippen LogP) is 4.34. The van der Waals surface area contributed by atoms with Gasteiger partial charge in [0.2, 0.25) is 5.91 Å². The second kappa shape index (κ2) is 9.69. The molecule has 0 aliphatic carbocycles. The number of carbonyl (C=O) groups excluding carboxylic acids is 1. The van der Waals surface area contributed by atoms with Crippen LogP contribution in [0.2, 0.25) is 0 Å². The van der Waals surface area contributed by atoms with Crippen molar-refractivity contribution in [1.82, 2.24) is 19.7 Å². The zero-order valence-corrected chi connectivity index (χ0v) is 17.7. The minimum absolute atomic E-state index is 0.0120. The van der Waals surface area contributed by atoms with Gasteiger partial charge in [-0.15, -0.1) is 10.2 Å². The zero-order chi connectivity index (χ0) is 20.8. The van der Waals surface area contributed by atoms with Crippen LogP contribution >= 0.6 is 11.8 Å². The highest BCUT2D eigenvalue weighted by Crippen LogP contribution is 2.23. The average molecular weight is 413 g/mol. The molecule has 3 aromatic rings. The molecule has 1 amide bonds. The van der Waals surface area contributed by atoms with Gasteiger partial charge in [-0.2, -0.15) is 0 Å². The maximum Gasteiger partial charge on any atom is 0.233 e. The maximum atomic E-state index is 13.1. The van der Waals surface area contributed by atoms with Crippen molar-refractivity contribution in [2.45, 2.75) is 38.0 Å². The Hall–Kier alpha value is -2.67. The first-order valence-corrected chi connectivity index (χ1v) is 10.6. The van der Waals surface area contributed by atoms with Gasteiger partial charge in [0.05, 0.1) is 11.8 Å². The van der Waals surface area contributed by atoms with Gasteiger partial charge in [-0.25, -0.2) is 4.39 Å². The minimum atomic E-state index is -0.282. The summed E-state index contributed by atoms with van der Waals surface area (Å²) in [5, 5.41) is 9.36. The molecule has 2 aromatic carbocycles. The number of aromatic nitrogens is 3. The highest BCUT2D eigenvalue weighted by atomic mass is 32.2. The van der Waals surface area contributed by atoms with Crippen molar-refractivity contribution in [3.8, 4) is 0 Å². The summed E-state index contributed by atoms with van der Waals surface area (Å²) in [7, 11) is 1.77. The van der Waals surface area contributed by atoms with Crippen molar-refractivity contribution in [3.63, 3.8) is 0 Å². The number of hydrogen-bond acceptors (Lipinski definition) is 4. The Morgan fingerprint density at radius 3 is 2.48 bits per heavy atom. The number of amides is 1. The van der Waals surface area contributed by atoms with Crippen LogP contribution in [0.25, 0.3) is 0 Å². The summed E-state index contributed by atoms with van der Waals surface area (Å²) in [5.41, 5.74) is 2.07. The van der Waals surface area contributed by atoms with Gasteiger partial charge in [0, 0.05) is 20.0 Å². The number of thioether (sulfide) groups is 1. The fraction of sp³-hybridized carbons (Fsp3) is 0.318. The molecule has 7 heteroatoms. The molecule has 0 saturated heterocycles. The second-order valence-corrected chi connectivity index (χ2v) is 7.77. The molecule has 0 bridgehead atoms. The van der Waals surface area contributed by atoms with Gasteiger partial charge in [0.25, 0.3) is 0 Å². The summed E-state index contributed by atoms with van der Waals surface area (Å²) in [5.74, 6) is 0.866. The molecule has 152 valence electrons. The number of benzene rings is 2. The Morgan fingerprint density at radius 1 is 1.14 bits per heavy atom. The number of hydrogen-bond donors (Lipinski definition) is 0. The third-order valence-corrected chi connectivity index (χ3v) is 5.92. The van der Waals surface area contributed by atoms with Gasteiger partial charge < -0.3 is 9.47 Å². The van der Waals surface area contributed by atoms with E-state index in [-0.39, 0.29) is 23.5 Å². The Morgan fingerprint density at radius 2 is 1.83 bits per heavy atom. The van der Waals surface area contributed by atoms with Gasteiger partial charge in [0.15, 0.2) is 5.16 Å². The second-order valence-electron chi connectivity index (χ2n) is 6.83. The number of nitrogens with zero attached hydrogens (tertiary/aromatic N) is 4. The first kappa shape index (κ1) is 21.0. The molecular weight excluding hydrogens is 387 g/mol. The Labute approximate surface area is 175 Å². The summed E-state index contributed by atoms with van der Waals surface area (Å²) >= 11 is 1.39. The molecule has 29 heavy (non-hydrogen) atoms. The van der Waals surface area contributed by atoms with E-state index in [4.69, 9.17) is 0 Å². The quantitative estimate of drug-likeness (QED) is 0.517. The van der Waals surface area contributed by atoms with Crippen LogP contribution in [0.15, 0.2) is 59.8 Å². The minimum Gasteiger partial charge on any atom is -0.338 e. The van der Waals surface area contributed by atoms with Crippen molar-refractivity contribution in [2.24, 2.45) is 0 Å².